The molecule has 1 aromatic carbocycles. The number of aliphatic carboxylic acids is 1. The van der Waals surface area contributed by atoms with Crippen molar-refractivity contribution in [1.29, 1.82) is 0 Å². The van der Waals surface area contributed by atoms with Crippen molar-refractivity contribution < 1.29 is 23.1 Å². The van der Waals surface area contributed by atoms with Gasteiger partial charge in [-0.1, -0.05) is 12.1 Å². The van der Waals surface area contributed by atoms with Gasteiger partial charge in [-0.2, -0.15) is 4.31 Å². The number of nitrogens with zero attached hydrogens (tertiary/aromatic N) is 1. The van der Waals surface area contributed by atoms with Crippen LogP contribution in [0, 0.1) is 11.8 Å². The Bertz CT molecular complexity index is 744. The van der Waals surface area contributed by atoms with Gasteiger partial charge in [0.25, 0.3) is 0 Å². The van der Waals surface area contributed by atoms with Crippen LogP contribution in [0.1, 0.15) is 48.9 Å². The van der Waals surface area contributed by atoms with Gasteiger partial charge in [-0.25, -0.2) is 8.42 Å². The summed E-state index contributed by atoms with van der Waals surface area (Å²) in [4.78, 5) is 22.6. The topological polar surface area (TPSA) is 91.7 Å². The number of hydrogen-bond acceptors (Lipinski definition) is 4. The number of piperidine rings is 1. The Kier molecular flexibility index (Phi) is 5.24. The highest BCUT2D eigenvalue weighted by Crippen LogP contribution is 2.42. The fourth-order valence-corrected chi connectivity index (χ4v) is 4.95. The molecule has 6 nitrogen and oxygen atoms in total. The number of ketones is 1. The highest BCUT2D eigenvalue weighted by molar-refractivity contribution is 7.89. The van der Waals surface area contributed by atoms with Gasteiger partial charge in [0.2, 0.25) is 10.0 Å². The zero-order chi connectivity index (χ0) is 18.0. The zero-order valence-corrected chi connectivity index (χ0v) is 14.9. The molecule has 1 aromatic rings. The molecule has 7 heteroatoms. The van der Waals surface area contributed by atoms with Crippen LogP contribution in [0.25, 0.3) is 0 Å². The third-order valence-corrected chi connectivity index (χ3v) is 7.08. The molecule has 0 amide bonds. The van der Waals surface area contributed by atoms with Crippen molar-refractivity contribution in [1.82, 2.24) is 4.31 Å². The molecule has 1 saturated heterocycles. The number of carbonyl (C=O) groups is 2. The van der Waals surface area contributed by atoms with Crippen LogP contribution in [0.4, 0.5) is 0 Å². The quantitative estimate of drug-likeness (QED) is 0.750. The summed E-state index contributed by atoms with van der Waals surface area (Å²) >= 11 is 0. The van der Waals surface area contributed by atoms with Crippen molar-refractivity contribution in [2.24, 2.45) is 11.8 Å². The van der Waals surface area contributed by atoms with E-state index in [2.05, 4.69) is 0 Å². The minimum atomic E-state index is -3.53. The third kappa shape index (κ3) is 4.27. The Hall–Kier alpha value is -1.73. The van der Waals surface area contributed by atoms with Crippen molar-refractivity contribution in [3.63, 3.8) is 0 Å². The van der Waals surface area contributed by atoms with Crippen molar-refractivity contribution >= 4 is 21.8 Å². The summed E-state index contributed by atoms with van der Waals surface area (Å²) in [6.07, 6.45) is 4.11. The van der Waals surface area contributed by atoms with Crippen molar-refractivity contribution in [3.05, 3.63) is 29.8 Å². The van der Waals surface area contributed by atoms with E-state index in [4.69, 9.17) is 5.11 Å². The summed E-state index contributed by atoms with van der Waals surface area (Å²) < 4.78 is 27.0. The molecular weight excluding hydrogens is 342 g/mol. The lowest BCUT2D eigenvalue weighted by Crippen LogP contribution is -2.38. The largest absolute Gasteiger partial charge is 0.481 e. The Morgan fingerprint density at radius 2 is 1.52 bits per heavy atom. The first kappa shape index (κ1) is 18.1. The highest BCUT2D eigenvalue weighted by atomic mass is 32.2. The molecule has 1 saturated carbocycles. The molecule has 2 aliphatic rings. The molecule has 3 rings (SSSR count). The molecule has 1 aliphatic carbocycles. The van der Waals surface area contributed by atoms with Gasteiger partial charge >= 0.3 is 5.97 Å². The molecule has 1 aliphatic heterocycles. The molecule has 136 valence electrons. The molecule has 0 atom stereocenters. The van der Waals surface area contributed by atoms with Gasteiger partial charge in [0.15, 0.2) is 5.78 Å². The number of Topliss-reactive ketones (excluding diaryl/α,β-unsaturated/α-hetero) is 1. The molecular formula is C18H23NO5S. The molecule has 0 bridgehead atoms. The second-order valence-corrected chi connectivity index (χ2v) is 8.86. The third-order valence-electron chi connectivity index (χ3n) is 5.17. The van der Waals surface area contributed by atoms with E-state index < -0.39 is 16.0 Å². The van der Waals surface area contributed by atoms with E-state index in [-0.39, 0.29) is 23.5 Å². The number of carboxylic acids is 1. The Morgan fingerprint density at radius 3 is 2.04 bits per heavy atom. The monoisotopic (exact) mass is 365 g/mol. The van der Waals surface area contributed by atoms with E-state index in [1.54, 1.807) is 0 Å². The average molecular weight is 365 g/mol. The predicted octanol–water partition coefficient (Wildman–Crippen LogP) is 2.54. The SMILES string of the molecule is O=C(O)CCC(=O)c1ccc(S(=O)(=O)N2CCC(C3CC3)CC2)cc1. The summed E-state index contributed by atoms with van der Waals surface area (Å²) in [6.45, 7) is 1.12. The van der Waals surface area contributed by atoms with E-state index in [9.17, 15) is 18.0 Å². The molecule has 0 spiro atoms. The maximum atomic E-state index is 12.7. The Morgan fingerprint density at radius 1 is 0.960 bits per heavy atom. The van der Waals surface area contributed by atoms with E-state index in [0.29, 0.717) is 24.6 Å². The Labute approximate surface area is 147 Å². The molecule has 0 aromatic heterocycles. The number of hydrogen-bond donors (Lipinski definition) is 1. The molecule has 1 N–H and O–H groups in total. The van der Waals surface area contributed by atoms with E-state index in [0.717, 1.165) is 18.8 Å². The molecule has 2 fully saturated rings. The lowest BCUT2D eigenvalue weighted by molar-refractivity contribution is -0.136. The smallest absolute Gasteiger partial charge is 0.303 e. The van der Waals surface area contributed by atoms with Gasteiger partial charge in [0, 0.05) is 25.1 Å². The summed E-state index contributed by atoms with van der Waals surface area (Å²) in [5.41, 5.74) is 0.340. The number of benzene rings is 1. The van der Waals surface area contributed by atoms with Gasteiger partial charge in [0.05, 0.1) is 11.3 Å². The molecule has 1 heterocycles. The summed E-state index contributed by atoms with van der Waals surface area (Å²) in [7, 11) is -3.53. The summed E-state index contributed by atoms with van der Waals surface area (Å²) in [5.74, 6) is 0.153. The lowest BCUT2D eigenvalue weighted by Gasteiger charge is -2.31. The van der Waals surface area contributed by atoms with Crippen molar-refractivity contribution in [2.45, 2.75) is 43.4 Å². The predicted molar refractivity (Wildman–Crippen MR) is 91.8 cm³/mol. The normalized spacial score (nSPS) is 19.7. The van der Waals surface area contributed by atoms with Gasteiger partial charge in [-0.3, -0.25) is 9.59 Å². The lowest BCUT2D eigenvalue weighted by atomic mass is 9.93. The van der Waals surface area contributed by atoms with Gasteiger partial charge in [-0.05, 0) is 49.7 Å². The average Bonchev–Trinajstić information content (AvgIpc) is 3.45. The van der Waals surface area contributed by atoms with Crippen LogP contribution in [0.15, 0.2) is 29.2 Å². The van der Waals surface area contributed by atoms with E-state index in [1.807, 2.05) is 0 Å². The first-order valence-corrected chi connectivity index (χ1v) is 10.2. The van der Waals surface area contributed by atoms with Crippen LogP contribution in [-0.2, 0) is 14.8 Å². The second-order valence-electron chi connectivity index (χ2n) is 6.92. The fraction of sp³-hybridized carbons (Fsp3) is 0.556. The highest BCUT2D eigenvalue weighted by Gasteiger charge is 2.36. The number of rotatable bonds is 7. The first-order valence-electron chi connectivity index (χ1n) is 8.73. The van der Waals surface area contributed by atoms with Gasteiger partial charge < -0.3 is 5.11 Å². The van der Waals surface area contributed by atoms with Crippen molar-refractivity contribution in [2.75, 3.05) is 13.1 Å². The maximum Gasteiger partial charge on any atom is 0.303 e. The minimum absolute atomic E-state index is 0.0872. The van der Waals surface area contributed by atoms with E-state index >= 15 is 0 Å². The van der Waals surface area contributed by atoms with Gasteiger partial charge in [0.1, 0.15) is 0 Å². The molecule has 0 unspecified atom stereocenters. The van der Waals surface area contributed by atoms with Crippen LogP contribution in [-0.4, -0.2) is 42.7 Å². The molecule has 0 radical (unpaired) electrons. The summed E-state index contributed by atoms with van der Waals surface area (Å²) in [5, 5.41) is 8.62. The molecule has 25 heavy (non-hydrogen) atoms. The first-order chi connectivity index (χ1) is 11.9. The van der Waals surface area contributed by atoms with Crippen LogP contribution in [0.3, 0.4) is 0 Å². The number of sulfonamides is 1. The maximum absolute atomic E-state index is 12.7. The van der Waals surface area contributed by atoms with Crippen LogP contribution < -0.4 is 0 Å². The Balaban J connectivity index is 1.64. The van der Waals surface area contributed by atoms with Gasteiger partial charge in [-0.15, -0.1) is 0 Å². The zero-order valence-electron chi connectivity index (χ0n) is 14.1. The second kappa shape index (κ2) is 7.25. The van der Waals surface area contributed by atoms with Crippen LogP contribution in [0.5, 0.6) is 0 Å². The number of carboxylic acid groups (broad SMARTS) is 1. The van der Waals surface area contributed by atoms with Crippen LogP contribution in [0.2, 0.25) is 0 Å². The number of carbonyl (C=O) groups excluding carboxylic acids is 1. The standard InChI is InChI=1S/C18H23NO5S/c20-17(7-8-18(21)22)15-3-5-16(6-4-15)25(23,24)19-11-9-14(10-12-19)13-1-2-13/h3-6,13-14H,1-2,7-12H2,(H,21,22). The minimum Gasteiger partial charge on any atom is -0.481 e. The fourth-order valence-electron chi connectivity index (χ4n) is 3.48. The summed E-state index contributed by atoms with van der Waals surface area (Å²) in [6, 6.07) is 5.81. The van der Waals surface area contributed by atoms with Crippen molar-refractivity contribution in [3.8, 4) is 0 Å². The van der Waals surface area contributed by atoms with Crippen LogP contribution >= 0.6 is 0 Å². The van der Waals surface area contributed by atoms with E-state index in [1.165, 1.54) is 41.4 Å².